The molecule has 0 aliphatic rings. The van der Waals surface area contributed by atoms with E-state index in [1.54, 1.807) is 18.2 Å². The lowest BCUT2D eigenvalue weighted by Crippen LogP contribution is -2.20. The second kappa shape index (κ2) is 6.41. The molecule has 18 heavy (non-hydrogen) atoms. The largest absolute Gasteiger partial charge is 0.326 e. The number of amides is 1. The molecule has 7 heteroatoms. The van der Waals surface area contributed by atoms with Gasteiger partial charge in [-0.1, -0.05) is 35.3 Å². The van der Waals surface area contributed by atoms with Crippen molar-refractivity contribution in [2.75, 3.05) is 11.1 Å². The van der Waals surface area contributed by atoms with Gasteiger partial charge in [0, 0.05) is 12.1 Å². The van der Waals surface area contributed by atoms with Gasteiger partial charge in [0.1, 0.15) is 0 Å². The number of benzene rings is 1. The lowest BCUT2D eigenvalue weighted by molar-refractivity contribution is -0.115. The highest BCUT2D eigenvalue weighted by molar-refractivity contribution is 7.94. The number of carbonyl (C=O) groups is 1. The van der Waals surface area contributed by atoms with Crippen LogP contribution in [0, 0.1) is 6.92 Å². The van der Waals surface area contributed by atoms with Crippen LogP contribution >= 0.6 is 23.2 Å². The average molecular weight is 310 g/mol. The smallest absolute Gasteiger partial charge is 0.225 e. The Morgan fingerprint density at radius 1 is 1.39 bits per heavy atom. The molecule has 1 aromatic carbocycles. The molecule has 0 heterocycles. The normalized spacial score (nSPS) is 11.6. The standard InChI is InChI=1S/C11H13Cl2NO3S/c1-8-3-2-4-9(7-8)14-10(15)5-6-18(16,17)11(12)13/h2-4,7,11H,5-6H2,1H3,(H,14,15). The van der Waals surface area contributed by atoms with E-state index in [4.69, 9.17) is 23.2 Å². The van der Waals surface area contributed by atoms with Gasteiger partial charge in [0.2, 0.25) is 10.1 Å². The van der Waals surface area contributed by atoms with Crippen molar-refractivity contribution in [1.82, 2.24) is 0 Å². The van der Waals surface area contributed by atoms with E-state index in [0.717, 1.165) is 5.56 Å². The van der Waals surface area contributed by atoms with E-state index in [-0.39, 0.29) is 12.2 Å². The van der Waals surface area contributed by atoms with Gasteiger partial charge in [-0.05, 0) is 24.6 Å². The van der Waals surface area contributed by atoms with Crippen LogP contribution in [0.15, 0.2) is 24.3 Å². The zero-order valence-corrected chi connectivity index (χ0v) is 12.0. The summed E-state index contributed by atoms with van der Waals surface area (Å²) in [6, 6.07) is 7.21. The second-order valence-corrected chi connectivity index (χ2v) is 7.61. The van der Waals surface area contributed by atoms with Crippen molar-refractivity contribution in [2.24, 2.45) is 0 Å². The molecule has 1 aromatic rings. The van der Waals surface area contributed by atoms with Crippen LogP contribution in [0.2, 0.25) is 0 Å². The number of rotatable bonds is 5. The second-order valence-electron chi connectivity index (χ2n) is 3.80. The van der Waals surface area contributed by atoms with E-state index < -0.39 is 19.9 Å². The SMILES string of the molecule is Cc1cccc(NC(=O)CCS(=O)(=O)C(Cl)Cl)c1. The Balaban J connectivity index is 2.53. The van der Waals surface area contributed by atoms with Gasteiger partial charge in [0.05, 0.1) is 5.75 Å². The van der Waals surface area contributed by atoms with Gasteiger partial charge in [-0.15, -0.1) is 0 Å². The molecular formula is C11H13Cl2NO3S. The molecular weight excluding hydrogens is 297 g/mol. The lowest BCUT2D eigenvalue weighted by Gasteiger charge is -2.07. The fourth-order valence-corrected chi connectivity index (χ4v) is 2.45. The first-order valence-corrected chi connectivity index (χ1v) is 7.76. The molecule has 0 atom stereocenters. The number of carbonyl (C=O) groups excluding carboxylic acids is 1. The first-order chi connectivity index (χ1) is 8.31. The van der Waals surface area contributed by atoms with Crippen LogP contribution < -0.4 is 5.32 Å². The van der Waals surface area contributed by atoms with Crippen LogP contribution in [0.3, 0.4) is 0 Å². The topological polar surface area (TPSA) is 63.2 Å². The minimum Gasteiger partial charge on any atom is -0.326 e. The van der Waals surface area contributed by atoms with Crippen LogP contribution in [-0.4, -0.2) is 24.2 Å². The Labute approximate surface area is 116 Å². The van der Waals surface area contributed by atoms with Gasteiger partial charge in [-0.3, -0.25) is 4.79 Å². The van der Waals surface area contributed by atoms with E-state index in [1.807, 2.05) is 13.0 Å². The highest BCUT2D eigenvalue weighted by Gasteiger charge is 2.21. The quantitative estimate of drug-likeness (QED) is 0.850. The van der Waals surface area contributed by atoms with E-state index in [2.05, 4.69) is 5.32 Å². The Hall–Kier alpha value is -0.780. The zero-order chi connectivity index (χ0) is 13.8. The average Bonchev–Trinajstić information content (AvgIpc) is 2.26. The predicted octanol–water partition coefficient (Wildman–Crippen LogP) is 2.50. The third-order valence-corrected chi connectivity index (χ3v) is 5.13. The monoisotopic (exact) mass is 309 g/mol. The van der Waals surface area contributed by atoms with Crippen molar-refractivity contribution < 1.29 is 13.2 Å². The fourth-order valence-electron chi connectivity index (χ4n) is 1.27. The van der Waals surface area contributed by atoms with Crippen molar-refractivity contribution in [2.45, 2.75) is 17.5 Å². The van der Waals surface area contributed by atoms with Crippen molar-refractivity contribution in [3.05, 3.63) is 29.8 Å². The van der Waals surface area contributed by atoms with Crippen LogP contribution in [0.1, 0.15) is 12.0 Å². The molecule has 0 spiro atoms. The molecule has 1 amide bonds. The zero-order valence-electron chi connectivity index (χ0n) is 9.69. The number of hydrogen-bond donors (Lipinski definition) is 1. The number of halogens is 2. The first kappa shape index (κ1) is 15.3. The molecule has 100 valence electrons. The highest BCUT2D eigenvalue weighted by atomic mass is 35.5. The van der Waals surface area contributed by atoms with Crippen molar-refractivity contribution in [1.29, 1.82) is 0 Å². The lowest BCUT2D eigenvalue weighted by atomic mass is 10.2. The Morgan fingerprint density at radius 3 is 2.61 bits per heavy atom. The molecule has 0 radical (unpaired) electrons. The molecule has 0 bridgehead atoms. The minimum atomic E-state index is -3.62. The van der Waals surface area contributed by atoms with E-state index in [0.29, 0.717) is 5.69 Å². The predicted molar refractivity (Wildman–Crippen MR) is 73.7 cm³/mol. The molecule has 0 aliphatic carbocycles. The van der Waals surface area contributed by atoms with E-state index in [9.17, 15) is 13.2 Å². The molecule has 1 N–H and O–H groups in total. The Kier molecular flexibility index (Phi) is 5.44. The third kappa shape index (κ3) is 4.84. The van der Waals surface area contributed by atoms with Gasteiger partial charge in [0.25, 0.3) is 0 Å². The minimum absolute atomic E-state index is 0.174. The summed E-state index contributed by atoms with van der Waals surface area (Å²) in [6.45, 7) is 1.89. The van der Waals surface area contributed by atoms with Crippen molar-refractivity contribution in [3.8, 4) is 0 Å². The molecule has 0 saturated carbocycles. The van der Waals surface area contributed by atoms with Crippen LogP contribution in [0.5, 0.6) is 0 Å². The Bertz CT molecular complexity index is 529. The maximum absolute atomic E-state index is 11.5. The van der Waals surface area contributed by atoms with Gasteiger partial charge >= 0.3 is 0 Å². The summed E-state index contributed by atoms with van der Waals surface area (Å²) in [7, 11) is -3.62. The fraction of sp³-hybridized carbons (Fsp3) is 0.364. The number of anilines is 1. The summed E-state index contributed by atoms with van der Waals surface area (Å²) in [6.07, 6.45) is -0.174. The summed E-state index contributed by atoms with van der Waals surface area (Å²) in [5.41, 5.74) is 1.63. The first-order valence-electron chi connectivity index (χ1n) is 5.17. The van der Waals surface area contributed by atoms with Crippen LogP contribution in [0.4, 0.5) is 5.69 Å². The number of hydrogen-bond acceptors (Lipinski definition) is 3. The number of alkyl halides is 2. The Morgan fingerprint density at radius 2 is 2.06 bits per heavy atom. The highest BCUT2D eigenvalue weighted by Crippen LogP contribution is 2.14. The number of sulfone groups is 1. The van der Waals surface area contributed by atoms with Gasteiger partial charge < -0.3 is 5.32 Å². The van der Waals surface area contributed by atoms with Gasteiger partial charge in [-0.2, -0.15) is 0 Å². The molecule has 0 aromatic heterocycles. The summed E-state index contributed by atoms with van der Waals surface area (Å²) < 4.78 is 21.1. The van der Waals surface area contributed by atoms with Gasteiger partial charge in [-0.25, -0.2) is 8.42 Å². The third-order valence-electron chi connectivity index (χ3n) is 2.19. The van der Waals surface area contributed by atoms with Crippen LogP contribution in [0.25, 0.3) is 0 Å². The molecule has 0 fully saturated rings. The van der Waals surface area contributed by atoms with Crippen molar-refractivity contribution in [3.63, 3.8) is 0 Å². The van der Waals surface area contributed by atoms with Crippen LogP contribution in [-0.2, 0) is 14.6 Å². The maximum atomic E-state index is 11.5. The molecule has 0 aliphatic heterocycles. The van der Waals surface area contributed by atoms with Gasteiger partial charge in [0.15, 0.2) is 9.84 Å². The maximum Gasteiger partial charge on any atom is 0.225 e. The number of nitrogens with one attached hydrogen (secondary N) is 1. The molecule has 0 unspecified atom stereocenters. The summed E-state index contributed by atoms with van der Waals surface area (Å²) in [4.78, 5) is 11.5. The van der Waals surface area contributed by atoms with Crippen molar-refractivity contribution >= 4 is 44.6 Å². The summed E-state index contributed by atoms with van der Waals surface area (Å²) in [5, 5.41) is 2.60. The van der Waals surface area contributed by atoms with E-state index >= 15 is 0 Å². The summed E-state index contributed by atoms with van der Waals surface area (Å²) >= 11 is 10.6. The number of aryl methyl sites for hydroxylation is 1. The van der Waals surface area contributed by atoms with E-state index in [1.165, 1.54) is 0 Å². The summed E-state index contributed by atoms with van der Waals surface area (Å²) in [5.74, 6) is -0.763. The molecule has 1 rings (SSSR count). The molecule has 0 saturated heterocycles. The molecule has 4 nitrogen and oxygen atoms in total.